The van der Waals surface area contributed by atoms with Gasteiger partial charge in [-0.05, 0) is 76.9 Å². The summed E-state index contributed by atoms with van der Waals surface area (Å²) in [6, 6.07) is 15.0. The topological polar surface area (TPSA) is 9.23 Å². The van der Waals surface area contributed by atoms with E-state index in [-0.39, 0.29) is 5.75 Å². The van der Waals surface area contributed by atoms with Crippen molar-refractivity contribution < 1.29 is 22.3 Å². The van der Waals surface area contributed by atoms with Crippen LogP contribution >= 0.6 is 0 Å². The highest BCUT2D eigenvalue weighted by molar-refractivity contribution is 5.78. The van der Waals surface area contributed by atoms with Gasteiger partial charge in [-0.3, -0.25) is 0 Å². The van der Waals surface area contributed by atoms with Crippen LogP contribution in [0.1, 0.15) is 30.0 Å². The van der Waals surface area contributed by atoms with Crippen LogP contribution in [0.2, 0.25) is 0 Å². The molecule has 0 amide bonds. The minimum absolute atomic E-state index is 0.323. The smallest absolute Gasteiger partial charge is 0.406 e. The third-order valence-electron chi connectivity index (χ3n) is 5.25. The number of hydrogen-bond donors (Lipinski definition) is 0. The SMILES string of the molecule is CCCc1ccc2c(c1)CCc1cc(-c3ccc(OC(F)(F)F)cc3)c(F)cc1-2. The summed E-state index contributed by atoms with van der Waals surface area (Å²) in [6.07, 6.45) is -0.936. The summed E-state index contributed by atoms with van der Waals surface area (Å²) in [5.74, 6) is -0.713. The number of rotatable bonds is 4. The summed E-state index contributed by atoms with van der Waals surface area (Å²) in [7, 11) is 0. The highest BCUT2D eigenvalue weighted by Crippen LogP contribution is 2.38. The van der Waals surface area contributed by atoms with Gasteiger partial charge in [-0.2, -0.15) is 0 Å². The number of alkyl halides is 3. The Morgan fingerprint density at radius 2 is 1.52 bits per heavy atom. The molecule has 0 atom stereocenters. The number of hydrogen-bond acceptors (Lipinski definition) is 1. The Morgan fingerprint density at radius 1 is 0.828 bits per heavy atom. The van der Waals surface area contributed by atoms with E-state index in [2.05, 4.69) is 29.9 Å². The zero-order chi connectivity index (χ0) is 20.6. The van der Waals surface area contributed by atoms with Crippen molar-refractivity contribution in [3.63, 3.8) is 0 Å². The Hall–Kier alpha value is -2.82. The lowest BCUT2D eigenvalue weighted by molar-refractivity contribution is -0.274. The van der Waals surface area contributed by atoms with Gasteiger partial charge in [0.2, 0.25) is 0 Å². The molecule has 0 bridgehead atoms. The average molecular weight is 400 g/mol. The fourth-order valence-electron chi connectivity index (χ4n) is 3.96. The van der Waals surface area contributed by atoms with Gasteiger partial charge in [-0.1, -0.05) is 43.7 Å². The van der Waals surface area contributed by atoms with Crippen LogP contribution in [0.5, 0.6) is 5.75 Å². The van der Waals surface area contributed by atoms with E-state index in [1.165, 1.54) is 35.4 Å². The van der Waals surface area contributed by atoms with Crippen LogP contribution in [0, 0.1) is 5.82 Å². The van der Waals surface area contributed by atoms with Gasteiger partial charge in [-0.15, -0.1) is 13.2 Å². The standard InChI is InChI=1S/C24H20F4O/c1-2-3-15-4-11-20-17(12-15)5-6-18-13-22(23(25)14-21(18)20)16-7-9-19(10-8-16)29-24(26,27)28/h4,7-14H,2-3,5-6H2,1H3. The predicted molar refractivity (Wildman–Crippen MR) is 105 cm³/mol. The third-order valence-corrected chi connectivity index (χ3v) is 5.25. The number of benzene rings is 3. The molecule has 0 saturated carbocycles. The maximum Gasteiger partial charge on any atom is 0.573 e. The van der Waals surface area contributed by atoms with Gasteiger partial charge in [0.05, 0.1) is 0 Å². The Morgan fingerprint density at radius 3 is 2.17 bits per heavy atom. The number of halogens is 4. The van der Waals surface area contributed by atoms with E-state index in [1.54, 1.807) is 6.07 Å². The first kappa shape index (κ1) is 19.5. The molecular formula is C24H20F4O. The quantitative estimate of drug-likeness (QED) is 0.424. The van der Waals surface area contributed by atoms with Crippen LogP contribution in [-0.2, 0) is 19.3 Å². The molecule has 0 aliphatic heterocycles. The van der Waals surface area contributed by atoms with Gasteiger partial charge in [0, 0.05) is 5.56 Å². The summed E-state index contributed by atoms with van der Waals surface area (Å²) in [5, 5.41) is 0. The molecule has 1 aliphatic rings. The van der Waals surface area contributed by atoms with Crippen molar-refractivity contribution in [2.75, 3.05) is 0 Å². The van der Waals surface area contributed by atoms with Gasteiger partial charge >= 0.3 is 6.36 Å². The zero-order valence-electron chi connectivity index (χ0n) is 15.9. The number of aryl methyl sites for hydroxylation is 3. The van der Waals surface area contributed by atoms with Crippen molar-refractivity contribution in [1.29, 1.82) is 0 Å². The summed E-state index contributed by atoms with van der Waals surface area (Å²) in [4.78, 5) is 0. The van der Waals surface area contributed by atoms with Crippen molar-refractivity contribution >= 4 is 0 Å². The Bertz CT molecular complexity index is 1040. The van der Waals surface area contributed by atoms with E-state index in [0.717, 1.165) is 42.4 Å². The van der Waals surface area contributed by atoms with Crippen LogP contribution in [0.3, 0.4) is 0 Å². The van der Waals surface area contributed by atoms with E-state index in [9.17, 15) is 17.6 Å². The van der Waals surface area contributed by atoms with Crippen molar-refractivity contribution in [2.45, 2.75) is 39.0 Å². The van der Waals surface area contributed by atoms with Gasteiger partial charge < -0.3 is 4.74 Å². The minimum Gasteiger partial charge on any atom is -0.406 e. The molecule has 29 heavy (non-hydrogen) atoms. The fourth-order valence-corrected chi connectivity index (χ4v) is 3.96. The summed E-state index contributed by atoms with van der Waals surface area (Å²) in [5.41, 5.74) is 6.44. The predicted octanol–water partition coefficient (Wildman–Crippen LogP) is 7.11. The summed E-state index contributed by atoms with van der Waals surface area (Å²) in [6.45, 7) is 2.15. The highest BCUT2D eigenvalue weighted by atomic mass is 19.4. The molecule has 5 heteroatoms. The molecule has 3 aromatic rings. The van der Waals surface area contributed by atoms with E-state index in [1.807, 2.05) is 6.07 Å². The summed E-state index contributed by atoms with van der Waals surface area (Å²) >= 11 is 0. The molecule has 0 saturated heterocycles. The molecule has 4 rings (SSSR count). The molecule has 3 aromatic carbocycles. The lowest BCUT2D eigenvalue weighted by Crippen LogP contribution is -2.16. The van der Waals surface area contributed by atoms with Crippen LogP contribution in [-0.4, -0.2) is 6.36 Å². The second kappa shape index (κ2) is 7.54. The van der Waals surface area contributed by atoms with Gasteiger partial charge in [0.15, 0.2) is 0 Å². The van der Waals surface area contributed by atoms with Gasteiger partial charge in [0.1, 0.15) is 11.6 Å². The molecule has 150 valence electrons. The largest absolute Gasteiger partial charge is 0.573 e. The first-order valence-corrected chi connectivity index (χ1v) is 9.65. The average Bonchev–Trinajstić information content (AvgIpc) is 2.67. The zero-order valence-corrected chi connectivity index (χ0v) is 15.9. The first-order valence-electron chi connectivity index (χ1n) is 9.65. The highest BCUT2D eigenvalue weighted by Gasteiger charge is 2.31. The summed E-state index contributed by atoms with van der Waals surface area (Å²) < 4.78 is 55.8. The molecule has 1 nitrogen and oxygen atoms in total. The van der Waals surface area contributed by atoms with Crippen LogP contribution in [0.4, 0.5) is 17.6 Å². The molecule has 0 unspecified atom stereocenters. The second-order valence-corrected chi connectivity index (χ2v) is 7.30. The maximum atomic E-state index is 14.9. The van der Waals surface area contributed by atoms with E-state index >= 15 is 0 Å². The number of ether oxygens (including phenoxy) is 1. The third kappa shape index (κ3) is 4.14. The molecular weight excluding hydrogens is 380 g/mol. The molecule has 1 aliphatic carbocycles. The Balaban J connectivity index is 1.67. The Kier molecular flexibility index (Phi) is 5.07. The van der Waals surface area contributed by atoms with E-state index < -0.39 is 12.2 Å². The molecule has 0 heterocycles. The van der Waals surface area contributed by atoms with Crippen molar-refractivity contribution in [1.82, 2.24) is 0 Å². The van der Waals surface area contributed by atoms with Crippen molar-refractivity contribution in [3.05, 3.63) is 77.1 Å². The lowest BCUT2D eigenvalue weighted by Gasteiger charge is -2.22. The number of fused-ring (bicyclic) bond motifs is 3. The molecule has 0 fully saturated rings. The van der Waals surface area contributed by atoms with Crippen LogP contribution in [0.15, 0.2) is 54.6 Å². The first-order chi connectivity index (χ1) is 13.8. The minimum atomic E-state index is -4.75. The van der Waals surface area contributed by atoms with Crippen molar-refractivity contribution in [2.24, 2.45) is 0 Å². The van der Waals surface area contributed by atoms with E-state index in [0.29, 0.717) is 11.1 Å². The lowest BCUT2D eigenvalue weighted by atomic mass is 9.83. The van der Waals surface area contributed by atoms with Crippen LogP contribution < -0.4 is 4.74 Å². The molecule has 0 radical (unpaired) electrons. The van der Waals surface area contributed by atoms with Gasteiger partial charge in [0.25, 0.3) is 0 Å². The maximum absolute atomic E-state index is 14.9. The van der Waals surface area contributed by atoms with Crippen molar-refractivity contribution in [3.8, 4) is 28.0 Å². The molecule has 0 N–H and O–H groups in total. The Labute approximate surface area is 167 Å². The molecule has 0 aromatic heterocycles. The van der Waals surface area contributed by atoms with E-state index in [4.69, 9.17) is 0 Å². The van der Waals surface area contributed by atoms with Crippen LogP contribution in [0.25, 0.3) is 22.3 Å². The fraction of sp³-hybridized carbons (Fsp3) is 0.250. The normalized spacial score (nSPS) is 13.0. The monoisotopic (exact) mass is 400 g/mol. The van der Waals surface area contributed by atoms with Gasteiger partial charge in [-0.25, -0.2) is 4.39 Å². The molecule has 0 spiro atoms. The second-order valence-electron chi connectivity index (χ2n) is 7.30.